The maximum absolute atomic E-state index is 11.7. The highest BCUT2D eigenvalue weighted by Gasteiger charge is 2.16. The molecular weight excluding hydrogens is 184 g/mol. The van der Waals surface area contributed by atoms with Crippen molar-refractivity contribution in [2.45, 2.75) is 24.0 Å². The number of Topliss-reactive ketones (excluding diaryl/α,β-unsaturated/α-hetero) is 1. The van der Waals surface area contributed by atoms with Gasteiger partial charge in [0, 0.05) is 4.90 Å². The molecule has 0 N–H and O–H groups in total. The Morgan fingerprint density at radius 1 is 1.31 bits per heavy atom. The Morgan fingerprint density at radius 3 is 2.31 bits per heavy atom. The van der Waals surface area contributed by atoms with Crippen molar-refractivity contribution in [3.63, 3.8) is 0 Å². The van der Waals surface area contributed by atoms with Gasteiger partial charge in [0.25, 0.3) is 0 Å². The van der Waals surface area contributed by atoms with Gasteiger partial charge in [-0.05, 0) is 26.0 Å². The van der Waals surface area contributed by atoms with E-state index in [0.29, 0.717) is 4.90 Å². The van der Waals surface area contributed by atoms with Gasteiger partial charge < -0.3 is 0 Å². The zero-order valence-electron chi connectivity index (χ0n) is 7.69. The van der Waals surface area contributed by atoms with E-state index in [-0.39, 0.29) is 5.78 Å². The molecule has 0 aliphatic carbocycles. The summed E-state index contributed by atoms with van der Waals surface area (Å²) < 4.78 is 11.7. The molecule has 0 aliphatic heterocycles. The molecule has 1 rings (SSSR count). The van der Waals surface area contributed by atoms with E-state index in [1.54, 1.807) is 19.1 Å². The summed E-state index contributed by atoms with van der Waals surface area (Å²) in [5.41, 5.74) is 0. The second kappa shape index (κ2) is 4.33. The summed E-state index contributed by atoms with van der Waals surface area (Å²) in [4.78, 5) is 11.7. The summed E-state index contributed by atoms with van der Waals surface area (Å²) in [5, 5.41) is -0.414. The Kier molecular flexibility index (Phi) is 3.37. The van der Waals surface area contributed by atoms with Gasteiger partial charge in [0.15, 0.2) is 0 Å². The van der Waals surface area contributed by atoms with Crippen LogP contribution in [0.25, 0.3) is 0 Å². The molecule has 0 saturated heterocycles. The third kappa shape index (κ3) is 2.49. The summed E-state index contributed by atoms with van der Waals surface area (Å²) in [6, 6.07) is 9.05. The largest absolute Gasteiger partial charge is 0.299 e. The minimum absolute atomic E-state index is 0.0396. The second-order valence-electron chi connectivity index (χ2n) is 2.86. The third-order valence-corrected chi connectivity index (χ3v) is 3.58. The fraction of sp³-hybridized carbons (Fsp3) is 0.300. The fourth-order valence-electron chi connectivity index (χ4n) is 0.909. The highest BCUT2D eigenvalue weighted by atomic mass is 32.2. The molecule has 1 aromatic carbocycles. The molecule has 0 bridgehead atoms. The summed E-state index contributed by atoms with van der Waals surface area (Å²) >= 11 is 0. The molecule has 13 heavy (non-hydrogen) atoms. The van der Waals surface area contributed by atoms with Crippen LogP contribution in [0, 0.1) is 0 Å². The van der Waals surface area contributed by atoms with Crippen molar-refractivity contribution in [1.82, 2.24) is 0 Å². The van der Waals surface area contributed by atoms with Crippen LogP contribution in [-0.2, 0) is 15.6 Å². The highest BCUT2D eigenvalue weighted by Crippen LogP contribution is 2.10. The minimum Gasteiger partial charge on any atom is -0.299 e. The van der Waals surface area contributed by atoms with Gasteiger partial charge in [0.1, 0.15) is 5.78 Å². The van der Waals surface area contributed by atoms with Crippen molar-refractivity contribution in [3.05, 3.63) is 30.3 Å². The molecule has 3 heteroatoms. The van der Waals surface area contributed by atoms with Crippen LogP contribution in [0.4, 0.5) is 0 Å². The van der Waals surface area contributed by atoms with E-state index < -0.39 is 16.0 Å². The van der Waals surface area contributed by atoms with Crippen molar-refractivity contribution < 1.29 is 9.00 Å². The summed E-state index contributed by atoms with van der Waals surface area (Å²) in [6.45, 7) is 3.15. The van der Waals surface area contributed by atoms with E-state index in [0.717, 1.165) is 0 Å². The number of benzene rings is 1. The lowest BCUT2D eigenvalue weighted by Gasteiger charge is -2.06. The molecule has 1 aromatic rings. The molecule has 0 saturated carbocycles. The van der Waals surface area contributed by atoms with Crippen LogP contribution in [0.15, 0.2) is 35.2 Å². The summed E-state index contributed by atoms with van der Waals surface area (Å²) in [6.07, 6.45) is 0. The van der Waals surface area contributed by atoms with Crippen LogP contribution < -0.4 is 0 Å². The second-order valence-corrected chi connectivity index (χ2v) is 4.64. The van der Waals surface area contributed by atoms with Crippen molar-refractivity contribution in [2.75, 3.05) is 0 Å². The number of rotatable bonds is 3. The number of carbonyl (C=O) groups is 1. The molecule has 2 nitrogen and oxygen atoms in total. The van der Waals surface area contributed by atoms with Gasteiger partial charge in [0.2, 0.25) is 0 Å². The van der Waals surface area contributed by atoms with Gasteiger partial charge in [-0.2, -0.15) is 0 Å². The Morgan fingerprint density at radius 2 is 1.85 bits per heavy atom. The monoisotopic (exact) mass is 196 g/mol. The van der Waals surface area contributed by atoms with E-state index in [1.165, 1.54) is 6.92 Å². The fourth-order valence-corrected chi connectivity index (χ4v) is 2.04. The average molecular weight is 196 g/mol. The van der Waals surface area contributed by atoms with Crippen molar-refractivity contribution in [1.29, 1.82) is 0 Å². The first-order valence-corrected chi connectivity index (χ1v) is 5.30. The first-order valence-electron chi connectivity index (χ1n) is 4.09. The van der Waals surface area contributed by atoms with Gasteiger partial charge in [-0.25, -0.2) is 0 Å². The maximum Gasteiger partial charge on any atom is 0.145 e. The van der Waals surface area contributed by atoms with E-state index >= 15 is 0 Å². The smallest absolute Gasteiger partial charge is 0.145 e. The number of ketones is 1. The van der Waals surface area contributed by atoms with Crippen LogP contribution >= 0.6 is 0 Å². The predicted octanol–water partition coefficient (Wildman–Crippen LogP) is 1.77. The summed E-state index contributed by atoms with van der Waals surface area (Å²) in [5.74, 6) is -0.0396. The van der Waals surface area contributed by atoms with Crippen LogP contribution in [0.2, 0.25) is 0 Å². The zero-order chi connectivity index (χ0) is 9.84. The van der Waals surface area contributed by atoms with Gasteiger partial charge in [-0.1, -0.05) is 18.2 Å². The van der Waals surface area contributed by atoms with Crippen LogP contribution in [0.1, 0.15) is 13.8 Å². The molecular formula is C10H12O2S. The third-order valence-electron chi connectivity index (χ3n) is 1.87. The molecule has 0 radical (unpaired) electrons. The minimum atomic E-state index is -1.21. The lowest BCUT2D eigenvalue weighted by Crippen LogP contribution is -2.19. The van der Waals surface area contributed by atoms with Gasteiger partial charge >= 0.3 is 0 Å². The predicted molar refractivity (Wildman–Crippen MR) is 53.0 cm³/mol. The molecule has 0 fully saturated rings. The Hall–Kier alpha value is -0.960. The van der Waals surface area contributed by atoms with Crippen LogP contribution in [0.3, 0.4) is 0 Å². The zero-order valence-corrected chi connectivity index (χ0v) is 8.51. The molecule has 0 heterocycles. The molecule has 70 valence electrons. The maximum atomic E-state index is 11.7. The van der Waals surface area contributed by atoms with Crippen LogP contribution in [-0.4, -0.2) is 15.2 Å². The van der Waals surface area contributed by atoms with Crippen molar-refractivity contribution in [2.24, 2.45) is 0 Å². The van der Waals surface area contributed by atoms with E-state index in [9.17, 15) is 9.00 Å². The average Bonchev–Trinajstić information content (AvgIpc) is 2.17. The molecule has 0 amide bonds. The standard InChI is InChI=1S/C10H12O2S/c1-8(11)9(2)13(12)10-6-4-3-5-7-10/h3-7,9H,1-2H3. The Balaban J connectivity index is 2.86. The van der Waals surface area contributed by atoms with E-state index in [2.05, 4.69) is 0 Å². The first-order chi connectivity index (χ1) is 6.13. The number of carbonyl (C=O) groups excluding carboxylic acids is 1. The van der Waals surface area contributed by atoms with Gasteiger partial charge in [-0.3, -0.25) is 9.00 Å². The first kappa shape index (κ1) is 10.1. The normalized spacial score (nSPS) is 14.9. The Labute approximate surface area is 80.4 Å². The lowest BCUT2D eigenvalue weighted by atomic mass is 10.3. The molecule has 2 atom stereocenters. The van der Waals surface area contributed by atoms with E-state index in [4.69, 9.17) is 0 Å². The highest BCUT2D eigenvalue weighted by molar-refractivity contribution is 7.86. The van der Waals surface area contributed by atoms with Crippen molar-refractivity contribution in [3.8, 4) is 0 Å². The number of hydrogen-bond donors (Lipinski definition) is 0. The molecule has 0 aromatic heterocycles. The van der Waals surface area contributed by atoms with Gasteiger partial charge in [0.05, 0.1) is 16.0 Å². The number of hydrogen-bond acceptors (Lipinski definition) is 2. The lowest BCUT2D eigenvalue weighted by molar-refractivity contribution is -0.116. The molecule has 2 unspecified atom stereocenters. The van der Waals surface area contributed by atoms with Crippen molar-refractivity contribution >= 4 is 16.6 Å². The van der Waals surface area contributed by atoms with Crippen LogP contribution in [0.5, 0.6) is 0 Å². The Bertz CT molecular complexity index is 319. The summed E-state index contributed by atoms with van der Waals surface area (Å²) in [7, 11) is -1.21. The topological polar surface area (TPSA) is 34.1 Å². The van der Waals surface area contributed by atoms with Gasteiger partial charge in [-0.15, -0.1) is 0 Å². The molecule has 0 spiro atoms. The van der Waals surface area contributed by atoms with E-state index in [1.807, 2.05) is 18.2 Å². The quantitative estimate of drug-likeness (QED) is 0.738. The molecule has 0 aliphatic rings. The SMILES string of the molecule is CC(=O)C(C)S(=O)c1ccccc1.